The Bertz CT molecular complexity index is 510. The third-order valence-electron chi connectivity index (χ3n) is 3.54. The van der Waals surface area contributed by atoms with Crippen molar-refractivity contribution in [1.82, 2.24) is 15.0 Å². The summed E-state index contributed by atoms with van der Waals surface area (Å²) < 4.78 is 5.99. The molecule has 3 rings (SSSR count). The minimum Gasteiger partial charge on any atom is -0.361 e. The normalized spacial score (nSPS) is 17.7. The molecule has 0 atom stereocenters. The fourth-order valence-corrected chi connectivity index (χ4v) is 3.61. The predicted octanol–water partition coefficient (Wildman–Crippen LogP) is 3.02. The number of aryl methyl sites for hydroxylation is 1. The van der Waals surface area contributed by atoms with Crippen molar-refractivity contribution in [3.8, 4) is 0 Å². The molecule has 0 aromatic carbocycles. The Balaban J connectivity index is 1.47. The van der Waals surface area contributed by atoms with Crippen LogP contribution >= 0.6 is 22.9 Å². The summed E-state index contributed by atoms with van der Waals surface area (Å²) in [5, 5.41) is 4.06. The van der Waals surface area contributed by atoms with Gasteiger partial charge in [0.05, 0.1) is 10.0 Å². The number of aromatic nitrogens is 1. The van der Waals surface area contributed by atoms with E-state index in [0.717, 1.165) is 55.1 Å². The maximum Gasteiger partial charge on any atom is 0.133 e. The highest BCUT2D eigenvalue weighted by molar-refractivity contribution is 7.16. The number of hydrogen-bond acceptors (Lipinski definition) is 5. The number of rotatable bonds is 4. The van der Waals surface area contributed by atoms with Gasteiger partial charge in [0.25, 0.3) is 0 Å². The van der Waals surface area contributed by atoms with Gasteiger partial charge in [-0.2, -0.15) is 0 Å². The molecule has 0 bridgehead atoms. The quantitative estimate of drug-likeness (QED) is 0.869. The lowest BCUT2D eigenvalue weighted by Gasteiger charge is -2.33. The molecule has 2 aromatic heterocycles. The van der Waals surface area contributed by atoms with Crippen molar-refractivity contribution in [3.63, 3.8) is 0 Å². The topological polar surface area (TPSA) is 32.5 Å². The summed E-state index contributed by atoms with van der Waals surface area (Å²) in [7, 11) is 0. The van der Waals surface area contributed by atoms with Crippen LogP contribution in [0.15, 0.2) is 22.7 Å². The SMILES string of the molecule is Cc1cc(CN2CCN(Cc3ccc(Cl)s3)CC2)no1. The summed E-state index contributed by atoms with van der Waals surface area (Å²) in [6.45, 7) is 8.15. The van der Waals surface area contributed by atoms with E-state index in [-0.39, 0.29) is 0 Å². The van der Waals surface area contributed by atoms with Gasteiger partial charge in [-0.3, -0.25) is 9.80 Å². The maximum absolute atomic E-state index is 5.97. The summed E-state index contributed by atoms with van der Waals surface area (Å²) in [4.78, 5) is 6.25. The van der Waals surface area contributed by atoms with Crippen LogP contribution < -0.4 is 0 Å². The standard InChI is InChI=1S/C14H18ClN3OS/c1-11-8-12(16-19-11)9-17-4-6-18(7-5-17)10-13-2-3-14(15)20-13/h2-3,8H,4-7,9-10H2,1H3. The highest BCUT2D eigenvalue weighted by Gasteiger charge is 2.18. The van der Waals surface area contributed by atoms with Crippen molar-refractivity contribution in [2.24, 2.45) is 0 Å². The molecule has 20 heavy (non-hydrogen) atoms. The molecule has 2 aromatic rings. The smallest absolute Gasteiger partial charge is 0.133 e. The van der Waals surface area contributed by atoms with E-state index in [2.05, 4.69) is 21.0 Å². The first-order valence-electron chi connectivity index (χ1n) is 6.80. The fraction of sp³-hybridized carbons (Fsp3) is 0.500. The van der Waals surface area contributed by atoms with E-state index in [9.17, 15) is 0 Å². The second-order valence-electron chi connectivity index (χ2n) is 5.19. The summed E-state index contributed by atoms with van der Waals surface area (Å²) >= 11 is 7.64. The molecule has 1 aliphatic rings. The molecule has 1 fully saturated rings. The van der Waals surface area contributed by atoms with Crippen molar-refractivity contribution >= 4 is 22.9 Å². The Labute approximate surface area is 127 Å². The highest BCUT2D eigenvalue weighted by atomic mass is 35.5. The number of piperazine rings is 1. The predicted molar refractivity (Wildman–Crippen MR) is 81.1 cm³/mol. The molecule has 0 radical (unpaired) electrons. The Morgan fingerprint density at radius 1 is 1.20 bits per heavy atom. The number of halogens is 1. The number of thiophene rings is 1. The Hall–Kier alpha value is -0.880. The van der Waals surface area contributed by atoms with Crippen molar-refractivity contribution in [3.05, 3.63) is 38.9 Å². The van der Waals surface area contributed by atoms with Crippen LogP contribution in [0, 0.1) is 6.92 Å². The van der Waals surface area contributed by atoms with Crippen LogP contribution in [-0.2, 0) is 13.1 Å². The molecule has 0 aliphatic carbocycles. The lowest BCUT2D eigenvalue weighted by atomic mass is 10.2. The summed E-state index contributed by atoms with van der Waals surface area (Å²) in [6, 6.07) is 6.11. The van der Waals surface area contributed by atoms with Crippen LogP contribution in [0.4, 0.5) is 0 Å². The van der Waals surface area contributed by atoms with E-state index in [1.165, 1.54) is 4.88 Å². The molecule has 0 N–H and O–H groups in total. The molecule has 6 heteroatoms. The minimum atomic E-state index is 0.875. The van der Waals surface area contributed by atoms with Gasteiger partial charge in [0.1, 0.15) is 5.76 Å². The van der Waals surface area contributed by atoms with E-state index in [4.69, 9.17) is 16.1 Å². The molecular formula is C14H18ClN3OS. The Morgan fingerprint density at radius 3 is 2.45 bits per heavy atom. The lowest BCUT2D eigenvalue weighted by molar-refractivity contribution is 0.121. The van der Waals surface area contributed by atoms with E-state index < -0.39 is 0 Å². The molecule has 4 nitrogen and oxygen atoms in total. The zero-order valence-electron chi connectivity index (χ0n) is 11.5. The molecule has 0 spiro atoms. The molecule has 0 amide bonds. The van der Waals surface area contributed by atoms with Crippen LogP contribution in [0.5, 0.6) is 0 Å². The van der Waals surface area contributed by atoms with Crippen LogP contribution in [0.25, 0.3) is 0 Å². The molecule has 1 aliphatic heterocycles. The first-order chi connectivity index (χ1) is 9.69. The summed E-state index contributed by atoms with van der Waals surface area (Å²) in [5.74, 6) is 0.883. The van der Waals surface area contributed by atoms with E-state index in [1.807, 2.05) is 19.1 Å². The van der Waals surface area contributed by atoms with Crippen molar-refractivity contribution < 1.29 is 4.52 Å². The van der Waals surface area contributed by atoms with Gasteiger partial charge in [-0.15, -0.1) is 11.3 Å². The van der Waals surface area contributed by atoms with Crippen molar-refractivity contribution in [2.75, 3.05) is 26.2 Å². The van der Waals surface area contributed by atoms with Gasteiger partial charge in [0.15, 0.2) is 0 Å². The van der Waals surface area contributed by atoms with Gasteiger partial charge in [0.2, 0.25) is 0 Å². The zero-order valence-corrected chi connectivity index (χ0v) is 13.1. The summed E-state index contributed by atoms with van der Waals surface area (Å²) in [5.41, 5.74) is 1.03. The van der Waals surface area contributed by atoms with Gasteiger partial charge in [-0.05, 0) is 19.1 Å². The second kappa shape index (κ2) is 6.26. The third kappa shape index (κ3) is 3.61. The van der Waals surface area contributed by atoms with Gasteiger partial charge >= 0.3 is 0 Å². The van der Waals surface area contributed by atoms with E-state index >= 15 is 0 Å². The average molecular weight is 312 g/mol. The molecule has 1 saturated heterocycles. The fourth-order valence-electron chi connectivity index (χ4n) is 2.48. The van der Waals surface area contributed by atoms with Gasteiger partial charge in [-0.25, -0.2) is 0 Å². The van der Waals surface area contributed by atoms with E-state index in [0.29, 0.717) is 0 Å². The first-order valence-corrected chi connectivity index (χ1v) is 7.99. The molecular weight excluding hydrogens is 294 g/mol. The monoisotopic (exact) mass is 311 g/mol. The van der Waals surface area contributed by atoms with Crippen LogP contribution in [0.3, 0.4) is 0 Å². The second-order valence-corrected chi connectivity index (χ2v) is 6.99. The Kier molecular flexibility index (Phi) is 4.41. The lowest BCUT2D eigenvalue weighted by Crippen LogP contribution is -2.45. The van der Waals surface area contributed by atoms with Gasteiger partial charge in [0, 0.05) is 50.2 Å². The van der Waals surface area contributed by atoms with Crippen LogP contribution in [0.2, 0.25) is 4.34 Å². The maximum atomic E-state index is 5.97. The van der Waals surface area contributed by atoms with Crippen molar-refractivity contribution in [1.29, 1.82) is 0 Å². The third-order valence-corrected chi connectivity index (χ3v) is 4.75. The van der Waals surface area contributed by atoms with Crippen LogP contribution in [-0.4, -0.2) is 41.1 Å². The minimum absolute atomic E-state index is 0.875. The zero-order chi connectivity index (χ0) is 13.9. The number of hydrogen-bond donors (Lipinski definition) is 0. The van der Waals surface area contributed by atoms with Crippen molar-refractivity contribution in [2.45, 2.75) is 20.0 Å². The van der Waals surface area contributed by atoms with Crippen LogP contribution in [0.1, 0.15) is 16.3 Å². The molecule has 108 valence electrons. The first kappa shape index (κ1) is 14.1. The molecule has 0 saturated carbocycles. The summed E-state index contributed by atoms with van der Waals surface area (Å²) in [6.07, 6.45) is 0. The molecule has 3 heterocycles. The molecule has 0 unspecified atom stereocenters. The highest BCUT2D eigenvalue weighted by Crippen LogP contribution is 2.23. The van der Waals surface area contributed by atoms with E-state index in [1.54, 1.807) is 11.3 Å². The van der Waals surface area contributed by atoms with Gasteiger partial charge < -0.3 is 4.52 Å². The Morgan fingerprint density at radius 2 is 1.90 bits per heavy atom. The number of nitrogens with zero attached hydrogens (tertiary/aromatic N) is 3. The average Bonchev–Trinajstić information content (AvgIpc) is 3.01. The van der Waals surface area contributed by atoms with Gasteiger partial charge in [-0.1, -0.05) is 16.8 Å². The largest absolute Gasteiger partial charge is 0.361 e.